The number of carboxylic acids is 1. The summed E-state index contributed by atoms with van der Waals surface area (Å²) in [4.78, 5) is 21.7. The maximum Gasteiger partial charge on any atom is 0.341 e. The highest BCUT2D eigenvalue weighted by atomic mass is 19.2. The van der Waals surface area contributed by atoms with E-state index in [9.17, 15) is 22.8 Å². The Hall–Kier alpha value is -2.25. The summed E-state index contributed by atoms with van der Waals surface area (Å²) in [5.41, 5.74) is -2.80. The van der Waals surface area contributed by atoms with E-state index in [1.54, 1.807) is 0 Å². The average molecular weight is 232 g/mol. The molecule has 0 aliphatic heterocycles. The topological polar surface area (TPSA) is 85.9 Å². The molecule has 0 spiro atoms. The van der Waals surface area contributed by atoms with E-state index in [1.807, 2.05) is 10.2 Å². The van der Waals surface area contributed by atoms with Crippen LogP contribution >= 0.6 is 0 Å². The molecule has 0 radical (unpaired) electrons. The number of benzene rings is 1. The van der Waals surface area contributed by atoms with E-state index in [0.29, 0.717) is 0 Å². The molecule has 0 saturated heterocycles. The van der Waals surface area contributed by atoms with Crippen LogP contribution in [0, 0.1) is 17.5 Å². The summed E-state index contributed by atoms with van der Waals surface area (Å²) >= 11 is 0. The van der Waals surface area contributed by atoms with Crippen molar-refractivity contribution in [2.24, 2.45) is 0 Å². The van der Waals surface area contributed by atoms with Crippen molar-refractivity contribution in [2.75, 3.05) is 0 Å². The van der Waals surface area contributed by atoms with Crippen LogP contribution in [-0.2, 0) is 0 Å². The number of hydrogen-bond acceptors (Lipinski definition) is 2. The van der Waals surface area contributed by atoms with Crippen LogP contribution in [0.2, 0.25) is 0 Å². The van der Waals surface area contributed by atoms with E-state index in [4.69, 9.17) is 5.11 Å². The van der Waals surface area contributed by atoms with Gasteiger partial charge in [-0.05, 0) is 0 Å². The Labute approximate surface area is 84.5 Å². The lowest BCUT2D eigenvalue weighted by Crippen LogP contribution is -2.09. The second kappa shape index (κ2) is 3.12. The van der Waals surface area contributed by atoms with Gasteiger partial charge in [0.25, 0.3) is 5.56 Å². The minimum Gasteiger partial charge on any atom is -0.478 e. The maximum atomic E-state index is 13.1. The Bertz CT molecular complexity index is 659. The fourth-order valence-corrected chi connectivity index (χ4v) is 1.38. The number of aromatic nitrogens is 2. The van der Waals surface area contributed by atoms with Gasteiger partial charge in [-0.3, -0.25) is 15.0 Å². The Morgan fingerprint density at radius 1 is 1.06 bits per heavy atom. The number of nitrogens with one attached hydrogen (secondary N) is 2. The van der Waals surface area contributed by atoms with E-state index in [1.165, 1.54) is 0 Å². The molecule has 0 aliphatic rings. The molecule has 0 fully saturated rings. The van der Waals surface area contributed by atoms with Crippen LogP contribution in [0.25, 0.3) is 10.9 Å². The van der Waals surface area contributed by atoms with Crippen LogP contribution < -0.4 is 5.56 Å². The maximum absolute atomic E-state index is 13.1. The Kier molecular flexibility index (Phi) is 2.00. The molecule has 0 bridgehead atoms. The quantitative estimate of drug-likeness (QED) is 0.640. The minimum absolute atomic E-state index is 0.617. The SMILES string of the molecule is O=C(O)c1c(F)c(F)c(F)c2c(=O)[nH][nH]c12. The Morgan fingerprint density at radius 3 is 2.25 bits per heavy atom. The zero-order valence-corrected chi connectivity index (χ0v) is 7.40. The van der Waals surface area contributed by atoms with Crippen molar-refractivity contribution >= 4 is 16.9 Å². The number of aromatic carboxylic acids is 1. The molecule has 8 heteroatoms. The summed E-state index contributed by atoms with van der Waals surface area (Å²) in [6.07, 6.45) is 0. The number of hydrogen-bond donors (Lipinski definition) is 3. The molecule has 16 heavy (non-hydrogen) atoms. The Balaban J connectivity index is 3.12. The molecule has 0 unspecified atom stereocenters. The van der Waals surface area contributed by atoms with Crippen LogP contribution in [0.3, 0.4) is 0 Å². The number of carbonyl (C=O) groups is 1. The highest BCUT2D eigenvalue weighted by molar-refractivity contribution is 6.02. The largest absolute Gasteiger partial charge is 0.478 e. The van der Waals surface area contributed by atoms with E-state index in [-0.39, 0.29) is 0 Å². The van der Waals surface area contributed by atoms with Crippen molar-refractivity contribution in [3.05, 3.63) is 33.4 Å². The third-order valence-corrected chi connectivity index (χ3v) is 2.07. The molecule has 84 valence electrons. The summed E-state index contributed by atoms with van der Waals surface area (Å²) in [6, 6.07) is 0. The molecule has 0 amide bonds. The summed E-state index contributed by atoms with van der Waals surface area (Å²) in [5.74, 6) is -7.38. The first-order valence-corrected chi connectivity index (χ1v) is 3.95. The van der Waals surface area contributed by atoms with Crippen molar-refractivity contribution in [1.82, 2.24) is 10.2 Å². The highest BCUT2D eigenvalue weighted by Crippen LogP contribution is 2.23. The second-order valence-corrected chi connectivity index (χ2v) is 2.95. The lowest BCUT2D eigenvalue weighted by atomic mass is 10.1. The molecule has 1 aromatic heterocycles. The first-order valence-electron chi connectivity index (χ1n) is 3.95. The van der Waals surface area contributed by atoms with Crippen LogP contribution in [0.5, 0.6) is 0 Å². The van der Waals surface area contributed by atoms with Gasteiger partial charge in [-0.2, -0.15) is 0 Å². The molecule has 1 aromatic carbocycles. The van der Waals surface area contributed by atoms with Crippen LogP contribution in [-0.4, -0.2) is 21.3 Å². The van der Waals surface area contributed by atoms with Crippen LogP contribution in [0.4, 0.5) is 13.2 Å². The number of aromatic amines is 2. The van der Waals surface area contributed by atoms with Gasteiger partial charge in [0.05, 0.1) is 5.52 Å². The molecule has 0 aliphatic carbocycles. The number of carboxylic acid groups (broad SMARTS) is 1. The second-order valence-electron chi connectivity index (χ2n) is 2.95. The van der Waals surface area contributed by atoms with E-state index in [2.05, 4.69) is 0 Å². The van der Waals surface area contributed by atoms with E-state index >= 15 is 0 Å². The van der Waals surface area contributed by atoms with Gasteiger partial charge in [0.15, 0.2) is 17.5 Å². The smallest absolute Gasteiger partial charge is 0.341 e. The normalized spacial score (nSPS) is 10.9. The summed E-state index contributed by atoms with van der Waals surface area (Å²) in [6.45, 7) is 0. The molecule has 2 rings (SSSR count). The van der Waals surface area contributed by atoms with Crippen LogP contribution in [0.1, 0.15) is 10.4 Å². The zero-order valence-electron chi connectivity index (χ0n) is 7.40. The average Bonchev–Trinajstić information content (AvgIpc) is 2.57. The third kappa shape index (κ3) is 1.12. The predicted octanol–water partition coefficient (Wildman–Crippen LogP) is 0.972. The molecule has 5 nitrogen and oxygen atoms in total. The van der Waals surface area contributed by atoms with Gasteiger partial charge in [0.1, 0.15) is 10.9 Å². The monoisotopic (exact) mass is 232 g/mol. The lowest BCUT2D eigenvalue weighted by Gasteiger charge is -2.01. The fraction of sp³-hybridized carbons (Fsp3) is 0. The number of fused-ring (bicyclic) bond motifs is 1. The van der Waals surface area contributed by atoms with Gasteiger partial charge < -0.3 is 5.11 Å². The Morgan fingerprint density at radius 2 is 1.69 bits per heavy atom. The van der Waals surface area contributed by atoms with Gasteiger partial charge >= 0.3 is 5.97 Å². The molecule has 2 aromatic rings. The van der Waals surface area contributed by atoms with Crippen molar-refractivity contribution < 1.29 is 23.1 Å². The third-order valence-electron chi connectivity index (χ3n) is 2.07. The molecular weight excluding hydrogens is 229 g/mol. The van der Waals surface area contributed by atoms with Crippen molar-refractivity contribution in [3.63, 3.8) is 0 Å². The van der Waals surface area contributed by atoms with Crippen LogP contribution in [0.15, 0.2) is 4.79 Å². The standard InChI is InChI=1S/C8H3F3N2O3/c9-3-1-6(12-13-7(1)14)2(8(15)16)4(10)5(3)11/h(H,15,16)(H2,12,13,14). The van der Waals surface area contributed by atoms with Gasteiger partial charge in [-0.15, -0.1) is 0 Å². The van der Waals surface area contributed by atoms with Gasteiger partial charge in [-0.25, -0.2) is 18.0 Å². The first-order chi connectivity index (χ1) is 7.45. The minimum atomic E-state index is -1.99. The van der Waals surface area contributed by atoms with E-state index in [0.717, 1.165) is 0 Å². The summed E-state index contributed by atoms with van der Waals surface area (Å²) < 4.78 is 39.2. The number of rotatable bonds is 1. The first kappa shape index (κ1) is 10.3. The summed E-state index contributed by atoms with van der Waals surface area (Å²) in [5, 5.41) is 11.6. The summed E-state index contributed by atoms with van der Waals surface area (Å²) in [7, 11) is 0. The molecule has 3 N–H and O–H groups in total. The number of halogens is 3. The fourth-order valence-electron chi connectivity index (χ4n) is 1.38. The van der Waals surface area contributed by atoms with Crippen molar-refractivity contribution in [1.29, 1.82) is 0 Å². The molecular formula is C8H3F3N2O3. The van der Waals surface area contributed by atoms with Crippen molar-refractivity contribution in [3.8, 4) is 0 Å². The molecule has 0 atom stereocenters. The van der Waals surface area contributed by atoms with Crippen molar-refractivity contribution in [2.45, 2.75) is 0 Å². The number of H-pyrrole nitrogens is 2. The van der Waals surface area contributed by atoms with Gasteiger partial charge in [0, 0.05) is 0 Å². The molecule has 0 saturated carbocycles. The zero-order chi connectivity index (χ0) is 12.0. The van der Waals surface area contributed by atoms with Gasteiger partial charge in [-0.1, -0.05) is 0 Å². The van der Waals surface area contributed by atoms with E-state index < -0.39 is 45.4 Å². The highest BCUT2D eigenvalue weighted by Gasteiger charge is 2.26. The van der Waals surface area contributed by atoms with Gasteiger partial charge in [0.2, 0.25) is 0 Å². The molecule has 1 heterocycles. The lowest BCUT2D eigenvalue weighted by molar-refractivity contribution is 0.0692. The predicted molar refractivity (Wildman–Crippen MR) is 45.8 cm³/mol.